The minimum atomic E-state index is -0.660. The molecule has 0 aromatic heterocycles. The van der Waals surface area contributed by atoms with Gasteiger partial charge in [0.15, 0.2) is 0 Å². The van der Waals surface area contributed by atoms with E-state index in [0.29, 0.717) is 11.3 Å². The topological polar surface area (TPSA) is 71.4 Å². The summed E-state index contributed by atoms with van der Waals surface area (Å²) in [5.74, 6) is 0.712. The number of amidine groups is 1. The molecule has 0 aliphatic carbocycles. The summed E-state index contributed by atoms with van der Waals surface area (Å²) in [6, 6.07) is 14.9. The van der Waals surface area contributed by atoms with Gasteiger partial charge in [-0.15, -0.1) is 0 Å². The van der Waals surface area contributed by atoms with Crippen LogP contribution in [0, 0.1) is 5.41 Å². The maximum Gasteiger partial charge on any atom is 0.413 e. The predicted molar refractivity (Wildman–Crippen MR) is 98.3 cm³/mol. The summed E-state index contributed by atoms with van der Waals surface area (Å²) in [7, 11) is 1.58. The molecule has 0 spiro atoms. The van der Waals surface area contributed by atoms with Crippen LogP contribution >= 0.6 is 0 Å². The van der Waals surface area contributed by atoms with E-state index in [-0.39, 0.29) is 17.9 Å². The lowest BCUT2D eigenvalue weighted by Gasteiger charge is -2.19. The van der Waals surface area contributed by atoms with Crippen molar-refractivity contribution >= 4 is 11.9 Å². The summed E-state index contributed by atoms with van der Waals surface area (Å²) in [6.07, 6.45) is -0.660. The molecular weight excluding hydrogens is 316 g/mol. The molecule has 0 heterocycles. The predicted octanol–water partition coefficient (Wildman–Crippen LogP) is 4.24. The summed E-state index contributed by atoms with van der Waals surface area (Å²) >= 11 is 0. The number of hydrogen-bond donors (Lipinski definition) is 2. The van der Waals surface area contributed by atoms with Crippen molar-refractivity contribution in [3.8, 4) is 5.75 Å². The summed E-state index contributed by atoms with van der Waals surface area (Å²) in [5.41, 5.74) is 2.66. The Hall–Kier alpha value is -2.82. The second-order valence-corrected chi connectivity index (χ2v) is 6.76. The van der Waals surface area contributed by atoms with Crippen LogP contribution in [0.25, 0.3) is 0 Å². The van der Waals surface area contributed by atoms with Crippen LogP contribution in [0.15, 0.2) is 48.5 Å². The summed E-state index contributed by atoms with van der Waals surface area (Å²) in [4.78, 5) is 11.9. The van der Waals surface area contributed by atoms with Gasteiger partial charge in [0.2, 0.25) is 0 Å². The highest BCUT2D eigenvalue weighted by atomic mass is 16.5. The van der Waals surface area contributed by atoms with Crippen LogP contribution < -0.4 is 10.1 Å². The van der Waals surface area contributed by atoms with Gasteiger partial charge in [-0.3, -0.25) is 10.7 Å². The van der Waals surface area contributed by atoms with Gasteiger partial charge in [0, 0.05) is 5.56 Å². The van der Waals surface area contributed by atoms with Gasteiger partial charge >= 0.3 is 6.09 Å². The van der Waals surface area contributed by atoms with Crippen molar-refractivity contribution in [3.63, 3.8) is 0 Å². The van der Waals surface area contributed by atoms with E-state index in [0.717, 1.165) is 5.56 Å². The molecule has 0 saturated heterocycles. The number of methoxy groups -OCH3 is 1. The number of nitrogens with one attached hydrogen (secondary N) is 2. The average molecular weight is 340 g/mol. The quantitative estimate of drug-likeness (QED) is 0.646. The first-order chi connectivity index (χ1) is 11.8. The van der Waals surface area contributed by atoms with Crippen molar-refractivity contribution in [2.24, 2.45) is 0 Å². The van der Waals surface area contributed by atoms with Gasteiger partial charge in [-0.25, -0.2) is 4.79 Å². The number of rotatable bonds is 4. The molecule has 0 bridgehead atoms. The van der Waals surface area contributed by atoms with Crippen molar-refractivity contribution in [3.05, 3.63) is 65.2 Å². The molecule has 0 atom stereocenters. The monoisotopic (exact) mass is 340 g/mol. The van der Waals surface area contributed by atoms with Gasteiger partial charge in [0.1, 0.15) is 18.2 Å². The lowest BCUT2D eigenvalue weighted by molar-refractivity contribution is 0.145. The largest absolute Gasteiger partial charge is 0.497 e. The first kappa shape index (κ1) is 18.5. The van der Waals surface area contributed by atoms with Crippen molar-refractivity contribution in [1.82, 2.24) is 5.32 Å². The molecule has 2 aromatic rings. The zero-order valence-electron chi connectivity index (χ0n) is 15.1. The summed E-state index contributed by atoms with van der Waals surface area (Å²) < 4.78 is 10.3. The highest BCUT2D eigenvalue weighted by Crippen LogP contribution is 2.22. The smallest absolute Gasteiger partial charge is 0.413 e. The fraction of sp³-hybridized carbons (Fsp3) is 0.300. The highest BCUT2D eigenvalue weighted by Gasteiger charge is 2.14. The van der Waals surface area contributed by atoms with Crippen LogP contribution in [0.3, 0.4) is 0 Å². The van der Waals surface area contributed by atoms with Crippen LogP contribution in [-0.2, 0) is 16.8 Å². The normalized spacial score (nSPS) is 10.9. The molecule has 2 aromatic carbocycles. The van der Waals surface area contributed by atoms with E-state index in [2.05, 4.69) is 26.1 Å². The van der Waals surface area contributed by atoms with E-state index in [9.17, 15) is 4.79 Å². The van der Waals surface area contributed by atoms with Crippen LogP contribution in [0.2, 0.25) is 0 Å². The number of hydrogen-bond acceptors (Lipinski definition) is 4. The molecule has 0 fully saturated rings. The third kappa shape index (κ3) is 5.35. The number of amides is 1. The first-order valence-corrected chi connectivity index (χ1v) is 8.06. The Morgan fingerprint density at radius 3 is 2.40 bits per heavy atom. The maximum absolute atomic E-state index is 11.9. The van der Waals surface area contributed by atoms with E-state index < -0.39 is 6.09 Å². The van der Waals surface area contributed by atoms with Gasteiger partial charge in [0.25, 0.3) is 0 Å². The zero-order valence-corrected chi connectivity index (χ0v) is 15.1. The fourth-order valence-electron chi connectivity index (χ4n) is 2.26. The molecule has 0 aliphatic rings. The molecule has 132 valence electrons. The molecule has 0 radical (unpaired) electrons. The van der Waals surface area contributed by atoms with E-state index in [1.54, 1.807) is 13.2 Å². The van der Waals surface area contributed by atoms with E-state index >= 15 is 0 Å². The molecule has 1 amide bonds. The Kier molecular flexibility index (Phi) is 5.80. The minimum Gasteiger partial charge on any atom is -0.497 e. The van der Waals surface area contributed by atoms with E-state index in [1.807, 2.05) is 42.5 Å². The van der Waals surface area contributed by atoms with Gasteiger partial charge in [0.05, 0.1) is 7.11 Å². The summed E-state index contributed by atoms with van der Waals surface area (Å²) in [6.45, 7) is 6.49. The zero-order chi connectivity index (χ0) is 18.4. The lowest BCUT2D eigenvalue weighted by Crippen LogP contribution is -2.31. The Bertz CT molecular complexity index is 746. The van der Waals surface area contributed by atoms with Gasteiger partial charge in [-0.2, -0.15) is 0 Å². The highest BCUT2D eigenvalue weighted by molar-refractivity contribution is 6.04. The SMILES string of the molecule is COc1cccc(COC(=O)NC(=N)c2ccc(C(C)(C)C)cc2)c1. The number of carbonyl (C=O) groups is 1. The number of carbonyl (C=O) groups excluding carboxylic acids is 1. The van der Waals surface area contributed by atoms with Crippen molar-refractivity contribution in [2.75, 3.05) is 7.11 Å². The number of alkyl carbamates (subject to hydrolysis) is 1. The molecule has 0 unspecified atom stereocenters. The van der Waals surface area contributed by atoms with Gasteiger partial charge in [-0.1, -0.05) is 57.2 Å². The Morgan fingerprint density at radius 2 is 1.80 bits per heavy atom. The Morgan fingerprint density at radius 1 is 1.12 bits per heavy atom. The minimum absolute atomic E-state index is 0.0103. The van der Waals surface area contributed by atoms with Crippen LogP contribution in [0.5, 0.6) is 5.75 Å². The second kappa shape index (κ2) is 7.83. The van der Waals surface area contributed by atoms with Crippen molar-refractivity contribution in [2.45, 2.75) is 32.8 Å². The maximum atomic E-state index is 11.9. The van der Waals surface area contributed by atoms with Crippen LogP contribution in [0.1, 0.15) is 37.5 Å². The third-order valence-electron chi connectivity index (χ3n) is 3.77. The van der Waals surface area contributed by atoms with Crippen LogP contribution in [0.4, 0.5) is 4.79 Å². The van der Waals surface area contributed by atoms with E-state index in [4.69, 9.17) is 14.9 Å². The van der Waals surface area contributed by atoms with Gasteiger partial charge in [-0.05, 0) is 28.7 Å². The lowest BCUT2D eigenvalue weighted by atomic mass is 9.86. The molecule has 2 rings (SSSR count). The fourth-order valence-corrected chi connectivity index (χ4v) is 2.26. The molecule has 25 heavy (non-hydrogen) atoms. The Balaban J connectivity index is 1.90. The van der Waals surface area contributed by atoms with E-state index in [1.165, 1.54) is 5.56 Å². The number of benzene rings is 2. The Labute approximate surface area is 148 Å². The molecule has 0 saturated carbocycles. The van der Waals surface area contributed by atoms with Gasteiger partial charge < -0.3 is 9.47 Å². The molecular formula is C20H24N2O3. The second-order valence-electron chi connectivity index (χ2n) is 6.76. The molecule has 2 N–H and O–H groups in total. The summed E-state index contributed by atoms with van der Waals surface area (Å²) in [5, 5.41) is 10.4. The van der Waals surface area contributed by atoms with Crippen molar-refractivity contribution in [1.29, 1.82) is 5.41 Å². The first-order valence-electron chi connectivity index (χ1n) is 8.06. The standard InChI is InChI=1S/C20H24N2O3/c1-20(2,3)16-10-8-15(9-11-16)18(21)22-19(23)25-13-14-6-5-7-17(12-14)24-4/h5-12H,13H2,1-4H3,(H2,21,22,23). The average Bonchev–Trinajstić information content (AvgIpc) is 2.59. The van der Waals surface area contributed by atoms with Crippen LogP contribution in [-0.4, -0.2) is 19.0 Å². The third-order valence-corrected chi connectivity index (χ3v) is 3.77. The van der Waals surface area contributed by atoms with Crippen molar-refractivity contribution < 1.29 is 14.3 Å². The molecule has 0 aliphatic heterocycles. The molecule has 5 heteroatoms. The number of ether oxygens (including phenoxy) is 2. The molecule has 5 nitrogen and oxygen atoms in total.